The molecule has 1 atom stereocenters. The van der Waals surface area contributed by atoms with Crippen molar-refractivity contribution < 1.29 is 14.6 Å². The summed E-state index contributed by atoms with van der Waals surface area (Å²) in [5.74, 6) is -0.0298. The number of methoxy groups -OCH3 is 1. The topological polar surface area (TPSA) is 84.6 Å². The van der Waals surface area contributed by atoms with E-state index in [-0.39, 0.29) is 17.7 Å². The van der Waals surface area contributed by atoms with Crippen molar-refractivity contribution in [1.82, 2.24) is 5.32 Å². The Morgan fingerprint density at radius 2 is 2.28 bits per heavy atom. The fourth-order valence-corrected chi connectivity index (χ4v) is 1.67. The number of benzene rings is 1. The fourth-order valence-electron chi connectivity index (χ4n) is 1.67. The van der Waals surface area contributed by atoms with Crippen molar-refractivity contribution in [3.8, 4) is 5.75 Å². The molecule has 100 valence electrons. The number of phenols is 1. The Kier molecular flexibility index (Phi) is 5.61. The van der Waals surface area contributed by atoms with Crippen molar-refractivity contribution in [2.24, 2.45) is 5.73 Å². The van der Waals surface area contributed by atoms with Gasteiger partial charge in [-0.2, -0.15) is 0 Å². The lowest BCUT2D eigenvalue weighted by Crippen LogP contribution is -2.41. The number of rotatable bonds is 6. The third-order valence-corrected chi connectivity index (χ3v) is 2.74. The second kappa shape index (κ2) is 6.98. The molecule has 18 heavy (non-hydrogen) atoms. The van der Waals surface area contributed by atoms with Crippen LogP contribution in [0.1, 0.15) is 22.3 Å². The monoisotopic (exact) mass is 252 g/mol. The second-order valence-electron chi connectivity index (χ2n) is 4.19. The molecule has 0 spiro atoms. The molecule has 1 aromatic carbocycles. The van der Waals surface area contributed by atoms with Crippen LogP contribution in [0.25, 0.3) is 0 Å². The molecule has 0 aliphatic rings. The van der Waals surface area contributed by atoms with Gasteiger partial charge in [-0.25, -0.2) is 0 Å². The number of aromatic hydroxyl groups is 1. The number of carbonyl (C=O) groups is 1. The molecule has 0 saturated heterocycles. The lowest BCUT2D eigenvalue weighted by Gasteiger charge is -2.17. The van der Waals surface area contributed by atoms with Crippen LogP contribution in [0, 0.1) is 6.92 Å². The van der Waals surface area contributed by atoms with E-state index in [9.17, 15) is 9.90 Å². The summed E-state index contributed by atoms with van der Waals surface area (Å²) in [6, 6.07) is 4.55. The SMILES string of the molecule is COCCC(CN)NC(=O)c1ccc(O)cc1C. The normalized spacial score (nSPS) is 12.2. The number of hydrogen-bond donors (Lipinski definition) is 3. The van der Waals surface area contributed by atoms with Crippen LogP contribution in [-0.4, -0.2) is 37.3 Å². The van der Waals surface area contributed by atoms with Crippen LogP contribution in [-0.2, 0) is 4.74 Å². The third kappa shape index (κ3) is 4.01. The molecule has 1 amide bonds. The van der Waals surface area contributed by atoms with E-state index in [4.69, 9.17) is 10.5 Å². The van der Waals surface area contributed by atoms with Gasteiger partial charge in [-0.1, -0.05) is 0 Å². The molecule has 1 rings (SSSR count). The molecule has 1 aromatic rings. The molecule has 5 heteroatoms. The van der Waals surface area contributed by atoms with Crippen LogP contribution in [0.3, 0.4) is 0 Å². The zero-order valence-electron chi connectivity index (χ0n) is 10.8. The molecule has 0 aliphatic heterocycles. The summed E-state index contributed by atoms with van der Waals surface area (Å²) in [5.41, 5.74) is 6.87. The Labute approximate surface area is 107 Å². The summed E-state index contributed by atoms with van der Waals surface area (Å²) < 4.78 is 4.96. The number of phenolic OH excluding ortho intramolecular Hbond substituents is 1. The minimum Gasteiger partial charge on any atom is -0.508 e. The minimum atomic E-state index is -0.181. The van der Waals surface area contributed by atoms with Gasteiger partial charge in [-0.05, 0) is 37.1 Å². The highest BCUT2D eigenvalue weighted by atomic mass is 16.5. The van der Waals surface area contributed by atoms with E-state index < -0.39 is 0 Å². The number of amides is 1. The van der Waals surface area contributed by atoms with E-state index in [1.165, 1.54) is 6.07 Å². The maximum absolute atomic E-state index is 12.0. The smallest absolute Gasteiger partial charge is 0.251 e. The Morgan fingerprint density at radius 1 is 1.56 bits per heavy atom. The van der Waals surface area contributed by atoms with E-state index >= 15 is 0 Å². The lowest BCUT2D eigenvalue weighted by atomic mass is 10.1. The molecule has 0 saturated carbocycles. The van der Waals surface area contributed by atoms with E-state index in [1.54, 1.807) is 26.2 Å². The van der Waals surface area contributed by atoms with Gasteiger partial charge in [0, 0.05) is 31.9 Å². The zero-order chi connectivity index (χ0) is 13.5. The average Bonchev–Trinajstić information content (AvgIpc) is 2.34. The molecule has 5 nitrogen and oxygen atoms in total. The highest BCUT2D eigenvalue weighted by Gasteiger charge is 2.14. The Bertz CT molecular complexity index is 407. The van der Waals surface area contributed by atoms with Crippen molar-refractivity contribution in [2.45, 2.75) is 19.4 Å². The standard InChI is InChI=1S/C13H20N2O3/c1-9-7-11(16)3-4-12(9)13(17)15-10(8-14)5-6-18-2/h3-4,7,10,16H,5-6,8,14H2,1-2H3,(H,15,17). The maximum atomic E-state index is 12.0. The van der Waals surface area contributed by atoms with Crippen molar-refractivity contribution in [3.05, 3.63) is 29.3 Å². The molecule has 0 fully saturated rings. The highest BCUT2D eigenvalue weighted by Crippen LogP contribution is 2.15. The summed E-state index contributed by atoms with van der Waals surface area (Å²) in [5, 5.41) is 12.1. The maximum Gasteiger partial charge on any atom is 0.251 e. The summed E-state index contributed by atoms with van der Waals surface area (Å²) in [7, 11) is 1.61. The van der Waals surface area contributed by atoms with Gasteiger partial charge >= 0.3 is 0 Å². The van der Waals surface area contributed by atoms with Gasteiger partial charge in [-0.3, -0.25) is 4.79 Å². The number of aryl methyl sites for hydroxylation is 1. The third-order valence-electron chi connectivity index (χ3n) is 2.74. The molecular weight excluding hydrogens is 232 g/mol. The number of carbonyl (C=O) groups excluding carboxylic acids is 1. The van der Waals surface area contributed by atoms with Crippen LogP contribution in [0.4, 0.5) is 0 Å². The predicted octanol–water partition coefficient (Wildman–Crippen LogP) is 0.794. The number of nitrogens with two attached hydrogens (primary N) is 1. The second-order valence-corrected chi connectivity index (χ2v) is 4.19. The van der Waals surface area contributed by atoms with E-state index in [2.05, 4.69) is 5.32 Å². The highest BCUT2D eigenvalue weighted by molar-refractivity contribution is 5.96. The fraction of sp³-hybridized carbons (Fsp3) is 0.462. The van der Waals surface area contributed by atoms with Crippen LogP contribution in [0.2, 0.25) is 0 Å². The largest absolute Gasteiger partial charge is 0.508 e. The number of nitrogens with one attached hydrogen (secondary N) is 1. The van der Waals surface area contributed by atoms with Gasteiger partial charge in [0.2, 0.25) is 0 Å². The number of hydrogen-bond acceptors (Lipinski definition) is 4. The Balaban J connectivity index is 2.68. The summed E-state index contributed by atoms with van der Waals surface area (Å²) in [4.78, 5) is 12.0. The Morgan fingerprint density at radius 3 is 2.83 bits per heavy atom. The van der Waals surface area contributed by atoms with Gasteiger partial charge in [0.1, 0.15) is 5.75 Å². The first-order chi connectivity index (χ1) is 8.58. The number of ether oxygens (including phenoxy) is 1. The van der Waals surface area contributed by atoms with E-state index in [0.29, 0.717) is 25.1 Å². The lowest BCUT2D eigenvalue weighted by molar-refractivity contribution is 0.0926. The van der Waals surface area contributed by atoms with E-state index in [1.807, 2.05) is 0 Å². The van der Waals surface area contributed by atoms with Gasteiger partial charge in [0.05, 0.1) is 0 Å². The average molecular weight is 252 g/mol. The summed E-state index contributed by atoms with van der Waals surface area (Å²) in [6.07, 6.45) is 0.676. The molecule has 0 bridgehead atoms. The van der Waals surface area contributed by atoms with Crippen LogP contribution in [0.15, 0.2) is 18.2 Å². The molecule has 1 unspecified atom stereocenters. The Hall–Kier alpha value is -1.59. The molecular formula is C13H20N2O3. The van der Waals surface area contributed by atoms with E-state index in [0.717, 1.165) is 5.56 Å². The van der Waals surface area contributed by atoms with Gasteiger partial charge in [-0.15, -0.1) is 0 Å². The first kappa shape index (κ1) is 14.5. The summed E-state index contributed by atoms with van der Waals surface area (Å²) >= 11 is 0. The molecule has 0 aromatic heterocycles. The van der Waals surface area contributed by atoms with Crippen LogP contribution < -0.4 is 11.1 Å². The molecule has 0 radical (unpaired) electrons. The van der Waals surface area contributed by atoms with Crippen molar-refractivity contribution in [3.63, 3.8) is 0 Å². The van der Waals surface area contributed by atoms with Crippen LogP contribution >= 0.6 is 0 Å². The predicted molar refractivity (Wildman–Crippen MR) is 69.6 cm³/mol. The first-order valence-corrected chi connectivity index (χ1v) is 5.88. The minimum absolute atomic E-state index is 0.106. The zero-order valence-corrected chi connectivity index (χ0v) is 10.8. The first-order valence-electron chi connectivity index (χ1n) is 5.88. The summed E-state index contributed by atoms with van der Waals surface area (Å²) in [6.45, 7) is 2.70. The van der Waals surface area contributed by atoms with Crippen molar-refractivity contribution >= 4 is 5.91 Å². The molecule has 4 N–H and O–H groups in total. The van der Waals surface area contributed by atoms with Crippen molar-refractivity contribution in [1.29, 1.82) is 0 Å². The molecule has 0 heterocycles. The molecule has 0 aliphatic carbocycles. The van der Waals surface area contributed by atoms with Crippen LogP contribution in [0.5, 0.6) is 5.75 Å². The quantitative estimate of drug-likeness (QED) is 0.699. The van der Waals surface area contributed by atoms with Gasteiger partial charge < -0.3 is 20.9 Å². The van der Waals surface area contributed by atoms with Crippen molar-refractivity contribution in [2.75, 3.05) is 20.3 Å². The van der Waals surface area contributed by atoms with Gasteiger partial charge in [0.25, 0.3) is 5.91 Å². The van der Waals surface area contributed by atoms with Gasteiger partial charge in [0.15, 0.2) is 0 Å².